The Hall–Kier alpha value is -0.370. The van der Waals surface area contributed by atoms with E-state index < -0.39 is 0 Å². The van der Waals surface area contributed by atoms with Crippen LogP contribution >= 0.6 is 0 Å². The summed E-state index contributed by atoms with van der Waals surface area (Å²) >= 11 is 0. The first kappa shape index (κ1) is 10.7. The molecule has 2 nitrogen and oxygen atoms in total. The maximum Gasteiger partial charge on any atom is 0.137 e. The van der Waals surface area contributed by atoms with Crippen LogP contribution in [0.3, 0.4) is 0 Å². The Bertz CT molecular complexity index is 175. The molecule has 1 heterocycles. The molecular formula is C11H21NO. The molecule has 1 atom stereocenters. The van der Waals surface area contributed by atoms with Gasteiger partial charge in [0.2, 0.25) is 0 Å². The van der Waals surface area contributed by atoms with Gasteiger partial charge in [-0.3, -0.25) is 4.79 Å². The third-order valence-corrected chi connectivity index (χ3v) is 2.64. The van der Waals surface area contributed by atoms with Gasteiger partial charge in [-0.05, 0) is 24.8 Å². The van der Waals surface area contributed by atoms with Gasteiger partial charge in [0.25, 0.3) is 0 Å². The highest BCUT2D eigenvalue weighted by atomic mass is 16.1. The molecule has 0 aliphatic carbocycles. The lowest BCUT2D eigenvalue weighted by atomic mass is 9.87. The Balaban J connectivity index is 2.25. The molecule has 0 radical (unpaired) electrons. The third-order valence-electron chi connectivity index (χ3n) is 2.64. The van der Waals surface area contributed by atoms with E-state index in [-0.39, 0.29) is 0 Å². The first-order valence-corrected chi connectivity index (χ1v) is 5.22. The number of nitrogens with one attached hydrogen (secondary N) is 1. The Morgan fingerprint density at radius 1 is 1.46 bits per heavy atom. The molecule has 0 amide bonds. The summed E-state index contributed by atoms with van der Waals surface area (Å²) in [4.78, 5) is 11.7. The summed E-state index contributed by atoms with van der Waals surface area (Å²) in [7, 11) is 0. The molecule has 13 heavy (non-hydrogen) atoms. The van der Waals surface area contributed by atoms with Crippen molar-refractivity contribution in [3.8, 4) is 0 Å². The molecule has 1 unspecified atom stereocenters. The maximum atomic E-state index is 11.7. The molecule has 0 aromatic rings. The molecular weight excluding hydrogens is 162 g/mol. The zero-order valence-corrected chi connectivity index (χ0v) is 9.02. The van der Waals surface area contributed by atoms with Crippen molar-refractivity contribution in [1.82, 2.24) is 5.32 Å². The molecule has 1 rings (SSSR count). The second kappa shape index (κ2) is 4.23. The molecule has 1 aliphatic heterocycles. The van der Waals surface area contributed by atoms with Crippen molar-refractivity contribution in [3.63, 3.8) is 0 Å². The molecule has 1 fully saturated rings. The van der Waals surface area contributed by atoms with Crippen molar-refractivity contribution in [2.75, 3.05) is 13.1 Å². The second-order valence-electron chi connectivity index (χ2n) is 5.22. The lowest BCUT2D eigenvalue weighted by Crippen LogP contribution is -2.19. The van der Waals surface area contributed by atoms with Gasteiger partial charge < -0.3 is 5.32 Å². The minimum absolute atomic E-state index is 0.293. The van der Waals surface area contributed by atoms with Gasteiger partial charge in [-0.15, -0.1) is 0 Å². The van der Waals surface area contributed by atoms with Crippen molar-refractivity contribution in [2.45, 2.75) is 40.0 Å². The van der Waals surface area contributed by atoms with Crippen LogP contribution in [0.25, 0.3) is 0 Å². The zero-order chi connectivity index (χ0) is 9.90. The summed E-state index contributed by atoms with van der Waals surface area (Å²) in [5.74, 6) is 0.766. The van der Waals surface area contributed by atoms with Crippen LogP contribution < -0.4 is 5.32 Å². The van der Waals surface area contributed by atoms with Crippen LogP contribution in [0.2, 0.25) is 0 Å². The fourth-order valence-corrected chi connectivity index (χ4v) is 1.63. The normalized spacial score (nSPS) is 23.5. The minimum atomic E-state index is 0.293. The topological polar surface area (TPSA) is 29.1 Å². The van der Waals surface area contributed by atoms with E-state index in [2.05, 4.69) is 26.1 Å². The molecule has 0 aromatic carbocycles. The Morgan fingerprint density at radius 2 is 2.15 bits per heavy atom. The molecule has 1 saturated heterocycles. The fraction of sp³-hybridized carbons (Fsp3) is 0.909. The van der Waals surface area contributed by atoms with Gasteiger partial charge >= 0.3 is 0 Å². The number of hydrogen-bond donors (Lipinski definition) is 1. The van der Waals surface area contributed by atoms with E-state index >= 15 is 0 Å². The van der Waals surface area contributed by atoms with E-state index in [1.165, 1.54) is 0 Å². The summed E-state index contributed by atoms with van der Waals surface area (Å²) in [6.45, 7) is 8.49. The van der Waals surface area contributed by atoms with E-state index in [4.69, 9.17) is 0 Å². The molecule has 2 heteroatoms. The summed E-state index contributed by atoms with van der Waals surface area (Å²) in [6.07, 6.45) is 2.82. The SMILES string of the molecule is CC(C)(C)CCC(=O)C1CCNC1. The van der Waals surface area contributed by atoms with Crippen molar-refractivity contribution in [1.29, 1.82) is 0 Å². The molecule has 0 bridgehead atoms. The lowest BCUT2D eigenvalue weighted by Gasteiger charge is -2.18. The van der Waals surface area contributed by atoms with E-state index in [9.17, 15) is 4.79 Å². The van der Waals surface area contributed by atoms with Gasteiger partial charge in [0, 0.05) is 18.9 Å². The minimum Gasteiger partial charge on any atom is -0.316 e. The van der Waals surface area contributed by atoms with Crippen molar-refractivity contribution in [2.24, 2.45) is 11.3 Å². The average Bonchev–Trinajstić information content (AvgIpc) is 2.50. The van der Waals surface area contributed by atoms with Crippen LogP contribution in [0.4, 0.5) is 0 Å². The molecule has 0 saturated carbocycles. The van der Waals surface area contributed by atoms with Gasteiger partial charge in [-0.2, -0.15) is 0 Å². The zero-order valence-electron chi connectivity index (χ0n) is 9.02. The van der Waals surface area contributed by atoms with E-state index in [1.807, 2.05) is 0 Å². The summed E-state index contributed by atoms with van der Waals surface area (Å²) in [5, 5.41) is 3.23. The van der Waals surface area contributed by atoms with Gasteiger partial charge in [-0.1, -0.05) is 20.8 Å². The largest absolute Gasteiger partial charge is 0.316 e. The Kier molecular flexibility index (Phi) is 3.48. The fourth-order valence-electron chi connectivity index (χ4n) is 1.63. The van der Waals surface area contributed by atoms with Crippen molar-refractivity contribution >= 4 is 5.78 Å². The first-order valence-electron chi connectivity index (χ1n) is 5.22. The standard InChI is InChI=1S/C11H21NO/c1-11(2,3)6-4-10(13)9-5-7-12-8-9/h9,12H,4-8H2,1-3H3. The smallest absolute Gasteiger partial charge is 0.137 e. The van der Waals surface area contributed by atoms with Crippen LogP contribution in [-0.4, -0.2) is 18.9 Å². The van der Waals surface area contributed by atoms with Crippen LogP contribution in [-0.2, 0) is 4.79 Å². The van der Waals surface area contributed by atoms with Gasteiger partial charge in [0.1, 0.15) is 5.78 Å². The first-order chi connectivity index (χ1) is 5.99. The van der Waals surface area contributed by atoms with Gasteiger partial charge in [0.15, 0.2) is 0 Å². The van der Waals surface area contributed by atoms with Crippen LogP contribution in [0.5, 0.6) is 0 Å². The number of Topliss-reactive ketones (excluding diaryl/α,β-unsaturated/α-hetero) is 1. The van der Waals surface area contributed by atoms with Crippen molar-refractivity contribution in [3.05, 3.63) is 0 Å². The number of carbonyl (C=O) groups excluding carboxylic acids is 1. The van der Waals surface area contributed by atoms with Gasteiger partial charge in [0.05, 0.1) is 0 Å². The van der Waals surface area contributed by atoms with Crippen LogP contribution in [0, 0.1) is 11.3 Å². The number of rotatable bonds is 3. The monoisotopic (exact) mass is 183 g/mol. The third kappa shape index (κ3) is 3.90. The second-order valence-corrected chi connectivity index (χ2v) is 5.22. The molecule has 0 aromatic heterocycles. The van der Waals surface area contributed by atoms with Gasteiger partial charge in [-0.25, -0.2) is 0 Å². The van der Waals surface area contributed by atoms with Crippen LogP contribution in [0.15, 0.2) is 0 Å². The summed E-state index contributed by atoms with van der Waals surface area (Å²) < 4.78 is 0. The molecule has 76 valence electrons. The highest BCUT2D eigenvalue weighted by Crippen LogP contribution is 2.23. The van der Waals surface area contributed by atoms with Crippen LogP contribution in [0.1, 0.15) is 40.0 Å². The lowest BCUT2D eigenvalue weighted by molar-refractivity contribution is -0.122. The number of hydrogen-bond acceptors (Lipinski definition) is 2. The quantitative estimate of drug-likeness (QED) is 0.725. The predicted octanol–water partition coefficient (Wildman–Crippen LogP) is 1.99. The van der Waals surface area contributed by atoms with E-state index in [0.717, 1.165) is 32.4 Å². The number of carbonyl (C=O) groups is 1. The molecule has 0 spiro atoms. The summed E-state index contributed by atoms with van der Waals surface area (Å²) in [6, 6.07) is 0. The predicted molar refractivity (Wildman–Crippen MR) is 54.7 cm³/mol. The van der Waals surface area contributed by atoms with Crippen molar-refractivity contribution < 1.29 is 4.79 Å². The number of ketones is 1. The Labute approximate surface area is 81.1 Å². The molecule has 1 aliphatic rings. The molecule has 1 N–H and O–H groups in total. The average molecular weight is 183 g/mol. The highest BCUT2D eigenvalue weighted by Gasteiger charge is 2.23. The highest BCUT2D eigenvalue weighted by molar-refractivity contribution is 5.81. The van der Waals surface area contributed by atoms with E-state index in [0.29, 0.717) is 17.1 Å². The Morgan fingerprint density at radius 3 is 2.62 bits per heavy atom. The van der Waals surface area contributed by atoms with E-state index in [1.54, 1.807) is 0 Å². The maximum absolute atomic E-state index is 11.7. The summed E-state index contributed by atoms with van der Waals surface area (Å²) in [5.41, 5.74) is 0.293.